The van der Waals surface area contributed by atoms with E-state index in [1.54, 1.807) is 27.5 Å². The summed E-state index contributed by atoms with van der Waals surface area (Å²) in [6.07, 6.45) is 5.47. The number of hydrogen-bond donors (Lipinski definition) is 1. The van der Waals surface area contributed by atoms with Crippen molar-refractivity contribution in [2.45, 2.75) is 18.2 Å². The molecular weight excluding hydrogens is 354 g/mol. The van der Waals surface area contributed by atoms with Gasteiger partial charge in [-0.15, -0.1) is 0 Å². The fourth-order valence-electron chi connectivity index (χ4n) is 2.81. The summed E-state index contributed by atoms with van der Waals surface area (Å²) in [6.45, 7) is 1.90. The largest absolute Gasteiger partial charge is 0.254 e. The van der Waals surface area contributed by atoms with Gasteiger partial charge in [0, 0.05) is 30.1 Å². The van der Waals surface area contributed by atoms with Gasteiger partial charge in [0.1, 0.15) is 6.33 Å². The highest BCUT2D eigenvalue weighted by molar-refractivity contribution is 7.89. The molecule has 0 spiro atoms. The fraction of sp³-hybridized carbons (Fsp3) is 0.125. The number of nitrogens with two attached hydrogens (primary N) is 1. The minimum absolute atomic E-state index is 0.0788. The van der Waals surface area contributed by atoms with Crippen LogP contribution in [0.2, 0.25) is 0 Å². The van der Waals surface area contributed by atoms with Crippen LogP contribution in [0.3, 0.4) is 0 Å². The Morgan fingerprint density at radius 2 is 1.92 bits per heavy atom. The minimum Gasteiger partial charge on any atom is -0.225 e. The molecule has 0 aliphatic rings. The van der Waals surface area contributed by atoms with Crippen molar-refractivity contribution in [1.82, 2.24) is 29.4 Å². The van der Waals surface area contributed by atoms with Crippen molar-refractivity contribution in [3.8, 4) is 5.82 Å². The topological polar surface area (TPSA) is 121 Å². The van der Waals surface area contributed by atoms with Crippen molar-refractivity contribution in [3.63, 3.8) is 0 Å². The first-order valence-corrected chi connectivity index (χ1v) is 9.29. The number of sulfonamides is 1. The maximum atomic E-state index is 11.4. The van der Waals surface area contributed by atoms with Gasteiger partial charge in [-0.3, -0.25) is 0 Å². The highest BCUT2D eigenvalue weighted by atomic mass is 32.2. The van der Waals surface area contributed by atoms with Crippen molar-refractivity contribution in [1.29, 1.82) is 0 Å². The molecule has 2 N–H and O–H groups in total. The zero-order chi connectivity index (χ0) is 18.3. The minimum atomic E-state index is -3.71. The van der Waals surface area contributed by atoms with E-state index in [2.05, 4.69) is 20.2 Å². The Morgan fingerprint density at radius 1 is 1.15 bits per heavy atom. The lowest BCUT2D eigenvalue weighted by molar-refractivity contribution is 0.598. The van der Waals surface area contributed by atoms with E-state index in [1.165, 1.54) is 18.5 Å². The van der Waals surface area contributed by atoms with Gasteiger partial charge in [-0.25, -0.2) is 23.2 Å². The fourth-order valence-corrected chi connectivity index (χ4v) is 3.32. The molecule has 3 heterocycles. The van der Waals surface area contributed by atoms with Gasteiger partial charge in [0.15, 0.2) is 5.82 Å². The quantitative estimate of drug-likeness (QED) is 0.569. The van der Waals surface area contributed by atoms with E-state index in [-0.39, 0.29) is 4.90 Å². The number of fused-ring (bicyclic) bond motifs is 1. The average molecular weight is 369 g/mol. The molecule has 0 aliphatic carbocycles. The van der Waals surface area contributed by atoms with Crippen molar-refractivity contribution in [3.05, 3.63) is 65.9 Å². The van der Waals surface area contributed by atoms with Crippen molar-refractivity contribution in [2.75, 3.05) is 0 Å². The number of benzene rings is 1. The summed E-state index contributed by atoms with van der Waals surface area (Å²) < 4.78 is 26.2. The Morgan fingerprint density at radius 3 is 2.58 bits per heavy atom. The first kappa shape index (κ1) is 16.4. The third kappa shape index (κ3) is 2.85. The SMILES string of the molecule is Cc1nc2ncnn2c(-n2cccn2)c1Cc1ccc(S(N)(=O)=O)cc1. The summed E-state index contributed by atoms with van der Waals surface area (Å²) in [5.74, 6) is 1.23. The molecule has 0 bridgehead atoms. The smallest absolute Gasteiger partial charge is 0.225 e. The summed E-state index contributed by atoms with van der Waals surface area (Å²) >= 11 is 0. The zero-order valence-electron chi connectivity index (χ0n) is 13.8. The molecule has 0 aliphatic heterocycles. The van der Waals surface area contributed by atoms with E-state index in [9.17, 15) is 8.42 Å². The van der Waals surface area contributed by atoms with Crippen LogP contribution in [0.5, 0.6) is 0 Å². The van der Waals surface area contributed by atoms with Crippen LogP contribution in [0.4, 0.5) is 0 Å². The van der Waals surface area contributed by atoms with Gasteiger partial charge in [-0.1, -0.05) is 12.1 Å². The normalized spacial score (nSPS) is 11.9. The molecule has 0 atom stereocenters. The molecule has 0 saturated heterocycles. The van der Waals surface area contributed by atoms with Gasteiger partial charge in [0.05, 0.1) is 4.90 Å². The lowest BCUT2D eigenvalue weighted by Crippen LogP contribution is -2.13. The van der Waals surface area contributed by atoms with E-state index in [0.29, 0.717) is 12.2 Å². The van der Waals surface area contributed by atoms with E-state index >= 15 is 0 Å². The van der Waals surface area contributed by atoms with Gasteiger partial charge >= 0.3 is 0 Å². The maximum Gasteiger partial charge on any atom is 0.254 e. The second-order valence-electron chi connectivity index (χ2n) is 5.79. The Bertz CT molecular complexity index is 1180. The van der Waals surface area contributed by atoms with Crippen LogP contribution in [0.15, 0.2) is 53.9 Å². The van der Waals surface area contributed by atoms with Crippen molar-refractivity contribution < 1.29 is 8.42 Å². The highest BCUT2D eigenvalue weighted by Crippen LogP contribution is 2.22. The maximum absolute atomic E-state index is 11.4. The summed E-state index contributed by atoms with van der Waals surface area (Å²) in [4.78, 5) is 8.73. The standard InChI is InChI=1S/C16H15N7O2S/c1-11-14(9-12-3-5-13(6-4-12)26(17,24)25)15(22-8-2-7-19-22)23-16(21-11)18-10-20-23/h2-8,10H,9H2,1H3,(H2,17,24,25). The summed E-state index contributed by atoms with van der Waals surface area (Å²) in [5.41, 5.74) is 2.62. The van der Waals surface area contributed by atoms with Crippen LogP contribution in [0.25, 0.3) is 11.6 Å². The molecule has 10 heteroatoms. The Kier molecular flexibility index (Phi) is 3.78. The van der Waals surface area contributed by atoms with Crippen LogP contribution in [0, 0.1) is 6.92 Å². The first-order valence-electron chi connectivity index (χ1n) is 7.74. The monoisotopic (exact) mass is 369 g/mol. The molecule has 132 valence electrons. The van der Waals surface area contributed by atoms with Gasteiger partial charge < -0.3 is 0 Å². The number of primary sulfonamides is 1. The average Bonchev–Trinajstić information content (AvgIpc) is 3.26. The first-order chi connectivity index (χ1) is 12.4. The number of nitrogens with zero attached hydrogens (tertiary/aromatic N) is 6. The second kappa shape index (κ2) is 6.00. The molecule has 26 heavy (non-hydrogen) atoms. The third-order valence-electron chi connectivity index (χ3n) is 4.06. The number of aryl methyl sites for hydroxylation is 1. The Balaban J connectivity index is 1.84. The predicted molar refractivity (Wildman–Crippen MR) is 93.3 cm³/mol. The molecule has 0 amide bonds. The molecule has 0 radical (unpaired) electrons. The van der Waals surface area contributed by atoms with Crippen LogP contribution < -0.4 is 5.14 Å². The molecule has 0 unspecified atom stereocenters. The van der Waals surface area contributed by atoms with Crippen LogP contribution in [-0.2, 0) is 16.4 Å². The summed E-state index contributed by atoms with van der Waals surface area (Å²) in [6, 6.07) is 8.28. The van der Waals surface area contributed by atoms with Crippen LogP contribution in [0.1, 0.15) is 16.8 Å². The number of rotatable bonds is 4. The van der Waals surface area contributed by atoms with E-state index in [0.717, 1.165) is 22.6 Å². The summed E-state index contributed by atoms with van der Waals surface area (Å²) in [7, 11) is -3.71. The zero-order valence-corrected chi connectivity index (χ0v) is 14.6. The second-order valence-corrected chi connectivity index (χ2v) is 7.35. The van der Waals surface area contributed by atoms with E-state index < -0.39 is 10.0 Å². The van der Waals surface area contributed by atoms with Gasteiger partial charge in [0.25, 0.3) is 5.78 Å². The van der Waals surface area contributed by atoms with Gasteiger partial charge in [-0.2, -0.15) is 19.7 Å². The van der Waals surface area contributed by atoms with Crippen molar-refractivity contribution >= 4 is 15.8 Å². The van der Waals surface area contributed by atoms with E-state index in [4.69, 9.17) is 5.14 Å². The Hall–Kier alpha value is -3.11. The lowest BCUT2D eigenvalue weighted by Gasteiger charge is -2.13. The Labute approximate surface area is 149 Å². The molecule has 9 nitrogen and oxygen atoms in total. The molecule has 0 fully saturated rings. The van der Waals surface area contributed by atoms with Gasteiger partial charge in [-0.05, 0) is 30.7 Å². The van der Waals surface area contributed by atoms with Crippen molar-refractivity contribution in [2.24, 2.45) is 5.14 Å². The predicted octanol–water partition coefficient (Wildman–Crippen LogP) is 0.857. The summed E-state index contributed by atoms with van der Waals surface area (Å²) in [5, 5.41) is 13.7. The highest BCUT2D eigenvalue weighted by Gasteiger charge is 2.17. The molecule has 1 aromatic carbocycles. The molecule has 4 rings (SSSR count). The number of aromatic nitrogens is 6. The molecule has 4 aromatic rings. The molecule has 3 aromatic heterocycles. The van der Waals surface area contributed by atoms with E-state index in [1.807, 2.05) is 19.2 Å². The van der Waals surface area contributed by atoms with Crippen LogP contribution >= 0.6 is 0 Å². The number of hydrogen-bond acceptors (Lipinski definition) is 6. The molecular formula is C16H15N7O2S. The van der Waals surface area contributed by atoms with Crippen LogP contribution in [-0.4, -0.2) is 37.8 Å². The molecule has 0 saturated carbocycles. The lowest BCUT2D eigenvalue weighted by atomic mass is 10.0. The van der Waals surface area contributed by atoms with Gasteiger partial charge in [0.2, 0.25) is 10.0 Å². The third-order valence-corrected chi connectivity index (χ3v) is 4.99.